The normalized spacial score (nSPS) is 13.2. The topological polar surface area (TPSA) is 4.93 Å². The monoisotopic (exact) mass is 375 g/mol. The van der Waals surface area contributed by atoms with Crippen molar-refractivity contribution in [3.05, 3.63) is 22.9 Å². The number of nitrogens with zero attached hydrogens (tertiary/aromatic N) is 1. The summed E-state index contributed by atoms with van der Waals surface area (Å²) in [6.45, 7) is 5.86. The maximum Gasteiger partial charge on any atom is 0.0700 e. The van der Waals surface area contributed by atoms with E-state index in [1.165, 1.54) is 91.2 Å². The quantitative estimate of drug-likeness (QED) is 0.280. The number of rotatable bonds is 12. The van der Waals surface area contributed by atoms with E-state index in [9.17, 15) is 0 Å². The summed E-state index contributed by atoms with van der Waals surface area (Å²) >= 11 is 3.80. The fourth-order valence-electron chi connectivity index (χ4n) is 3.95. The highest BCUT2D eigenvalue weighted by atomic mass is 32.1. The fraction of sp³-hybridized carbons (Fsp3) is 0.636. The summed E-state index contributed by atoms with van der Waals surface area (Å²) in [5, 5.41) is 4.50. The largest absolute Gasteiger partial charge is 0.339 e. The number of hydrogen-bond donors (Lipinski definition) is 0. The second-order valence-electron chi connectivity index (χ2n) is 7.42. The lowest BCUT2D eigenvalue weighted by Crippen LogP contribution is -2.09. The van der Waals surface area contributed by atoms with Gasteiger partial charge in [-0.1, -0.05) is 71.6 Å². The molecule has 3 rings (SSSR count). The molecule has 0 radical (unpaired) electrons. The molecule has 1 atom stereocenters. The molecule has 3 aromatic heterocycles. The van der Waals surface area contributed by atoms with Crippen molar-refractivity contribution < 1.29 is 0 Å². The maximum absolute atomic E-state index is 2.59. The summed E-state index contributed by atoms with van der Waals surface area (Å²) in [7, 11) is 0. The molecule has 25 heavy (non-hydrogen) atoms. The summed E-state index contributed by atoms with van der Waals surface area (Å²) in [4.78, 5) is 0. The van der Waals surface area contributed by atoms with Crippen molar-refractivity contribution in [3.8, 4) is 0 Å². The van der Waals surface area contributed by atoms with Gasteiger partial charge in [0.1, 0.15) is 0 Å². The maximum atomic E-state index is 2.59. The van der Waals surface area contributed by atoms with Crippen molar-refractivity contribution in [2.24, 2.45) is 5.92 Å². The van der Waals surface area contributed by atoms with Gasteiger partial charge < -0.3 is 4.57 Å². The molecule has 3 heterocycles. The highest BCUT2D eigenvalue weighted by Gasteiger charge is 2.15. The van der Waals surface area contributed by atoms with Crippen LogP contribution in [0.2, 0.25) is 0 Å². The van der Waals surface area contributed by atoms with E-state index < -0.39 is 0 Å². The molecule has 0 aromatic carbocycles. The second kappa shape index (κ2) is 9.78. The minimum absolute atomic E-state index is 0.818. The zero-order chi connectivity index (χ0) is 17.5. The van der Waals surface area contributed by atoms with Crippen LogP contribution >= 0.6 is 22.7 Å². The third-order valence-electron chi connectivity index (χ3n) is 5.56. The van der Waals surface area contributed by atoms with Crippen molar-refractivity contribution in [2.45, 2.75) is 84.6 Å². The smallest absolute Gasteiger partial charge is 0.0700 e. The summed E-state index contributed by atoms with van der Waals surface area (Å²) in [5.74, 6) is 0.818. The third-order valence-corrected chi connectivity index (χ3v) is 7.53. The first-order chi connectivity index (χ1) is 12.3. The Hall–Kier alpha value is -0.800. The molecule has 0 amide bonds. The van der Waals surface area contributed by atoms with Crippen LogP contribution in [-0.4, -0.2) is 4.57 Å². The predicted octanol–water partition coefficient (Wildman–Crippen LogP) is 8.47. The highest BCUT2D eigenvalue weighted by molar-refractivity contribution is 7.25. The van der Waals surface area contributed by atoms with Crippen LogP contribution in [0.5, 0.6) is 0 Å². The van der Waals surface area contributed by atoms with Crippen LogP contribution in [0.3, 0.4) is 0 Å². The van der Waals surface area contributed by atoms with Gasteiger partial charge in [-0.05, 0) is 35.2 Å². The SMILES string of the molecule is CCCCCCCCCCC(CC)Cn1c2ccsc2c2sccc21. The molecule has 0 saturated carbocycles. The Kier molecular flexibility index (Phi) is 7.42. The standard InChI is InChI=1S/C22H33NS2/c1-3-5-6-7-8-9-10-11-12-18(4-2)17-23-19-13-15-24-21(19)22-20(23)14-16-25-22/h13-16,18H,3-12,17H2,1-2H3. The first-order valence-electron chi connectivity index (χ1n) is 10.3. The van der Waals surface area contributed by atoms with Gasteiger partial charge in [-0.15, -0.1) is 22.7 Å². The molecule has 0 saturated heterocycles. The molecule has 0 aliphatic rings. The lowest BCUT2D eigenvalue weighted by Gasteiger charge is -2.17. The van der Waals surface area contributed by atoms with E-state index in [0.717, 1.165) is 5.92 Å². The van der Waals surface area contributed by atoms with E-state index in [2.05, 4.69) is 41.3 Å². The van der Waals surface area contributed by atoms with Crippen molar-refractivity contribution >= 4 is 43.1 Å². The van der Waals surface area contributed by atoms with Gasteiger partial charge in [0.2, 0.25) is 0 Å². The van der Waals surface area contributed by atoms with Gasteiger partial charge in [0.25, 0.3) is 0 Å². The Morgan fingerprint density at radius 3 is 1.92 bits per heavy atom. The zero-order valence-corrected chi connectivity index (χ0v) is 17.6. The van der Waals surface area contributed by atoms with Crippen LogP contribution in [0.1, 0.15) is 78.1 Å². The Bertz CT molecular complexity index is 700. The number of thiophene rings is 2. The van der Waals surface area contributed by atoms with Crippen molar-refractivity contribution in [1.82, 2.24) is 4.57 Å². The first-order valence-corrected chi connectivity index (χ1v) is 12.0. The molecule has 1 nitrogen and oxygen atoms in total. The van der Waals surface area contributed by atoms with Gasteiger partial charge in [0.15, 0.2) is 0 Å². The molecule has 3 heteroatoms. The van der Waals surface area contributed by atoms with Crippen LogP contribution in [-0.2, 0) is 6.54 Å². The van der Waals surface area contributed by atoms with Gasteiger partial charge in [0, 0.05) is 6.54 Å². The minimum Gasteiger partial charge on any atom is -0.339 e. The lowest BCUT2D eigenvalue weighted by molar-refractivity contribution is 0.393. The van der Waals surface area contributed by atoms with Gasteiger partial charge in [-0.2, -0.15) is 0 Å². The number of unbranched alkanes of at least 4 members (excludes halogenated alkanes) is 7. The molecule has 138 valence electrons. The van der Waals surface area contributed by atoms with Crippen LogP contribution in [0.4, 0.5) is 0 Å². The molecular formula is C22H33NS2. The van der Waals surface area contributed by atoms with E-state index in [4.69, 9.17) is 0 Å². The third kappa shape index (κ3) is 4.68. The van der Waals surface area contributed by atoms with E-state index in [1.54, 1.807) is 0 Å². The molecule has 0 aliphatic heterocycles. The molecule has 0 bridgehead atoms. The van der Waals surface area contributed by atoms with E-state index in [0.29, 0.717) is 0 Å². The Morgan fingerprint density at radius 1 is 0.800 bits per heavy atom. The molecule has 1 unspecified atom stereocenters. The van der Waals surface area contributed by atoms with Crippen LogP contribution in [0.25, 0.3) is 20.4 Å². The van der Waals surface area contributed by atoms with Crippen molar-refractivity contribution in [1.29, 1.82) is 0 Å². The number of aromatic nitrogens is 1. The zero-order valence-electron chi connectivity index (χ0n) is 15.9. The summed E-state index contributed by atoms with van der Waals surface area (Å²) in [6.07, 6.45) is 14.1. The molecule has 0 fully saturated rings. The van der Waals surface area contributed by atoms with Crippen LogP contribution in [0, 0.1) is 5.92 Å². The minimum atomic E-state index is 0.818. The number of hydrogen-bond acceptors (Lipinski definition) is 2. The Morgan fingerprint density at radius 2 is 1.36 bits per heavy atom. The van der Waals surface area contributed by atoms with E-state index in [-0.39, 0.29) is 0 Å². The summed E-state index contributed by atoms with van der Waals surface area (Å²) in [5.41, 5.74) is 2.92. The van der Waals surface area contributed by atoms with Crippen LogP contribution < -0.4 is 0 Å². The molecule has 3 aromatic rings. The second-order valence-corrected chi connectivity index (χ2v) is 9.25. The molecule has 0 N–H and O–H groups in total. The van der Waals surface area contributed by atoms with Gasteiger partial charge in [-0.3, -0.25) is 0 Å². The van der Waals surface area contributed by atoms with E-state index in [1.807, 2.05) is 22.7 Å². The molecule has 0 spiro atoms. The van der Waals surface area contributed by atoms with E-state index >= 15 is 0 Å². The first kappa shape index (κ1) is 19.0. The average Bonchev–Trinajstić information content (AvgIpc) is 3.32. The van der Waals surface area contributed by atoms with Gasteiger partial charge >= 0.3 is 0 Å². The number of fused-ring (bicyclic) bond motifs is 3. The lowest BCUT2D eigenvalue weighted by atomic mass is 9.97. The van der Waals surface area contributed by atoms with Crippen molar-refractivity contribution in [3.63, 3.8) is 0 Å². The summed E-state index contributed by atoms with van der Waals surface area (Å²) < 4.78 is 5.58. The Labute approximate surface area is 161 Å². The highest BCUT2D eigenvalue weighted by Crippen LogP contribution is 2.37. The molecular weight excluding hydrogens is 342 g/mol. The Balaban J connectivity index is 1.49. The van der Waals surface area contributed by atoms with Gasteiger partial charge in [-0.25, -0.2) is 0 Å². The predicted molar refractivity (Wildman–Crippen MR) is 116 cm³/mol. The fourth-order valence-corrected chi connectivity index (χ4v) is 5.92. The average molecular weight is 376 g/mol. The molecule has 0 aliphatic carbocycles. The van der Waals surface area contributed by atoms with Crippen LogP contribution in [0.15, 0.2) is 22.9 Å². The van der Waals surface area contributed by atoms with Gasteiger partial charge in [0.05, 0.1) is 20.4 Å². The summed E-state index contributed by atoms with van der Waals surface area (Å²) in [6, 6.07) is 4.63. The van der Waals surface area contributed by atoms with Crippen molar-refractivity contribution in [2.75, 3.05) is 0 Å².